The average molecular weight is 451 g/mol. The molecule has 0 fully saturated rings. The van der Waals surface area contributed by atoms with Crippen LogP contribution in [0.2, 0.25) is 0 Å². The van der Waals surface area contributed by atoms with Gasteiger partial charge in [-0.1, -0.05) is 55.9 Å². The molecule has 29 heavy (non-hydrogen) atoms. The molecule has 0 aliphatic rings. The molecule has 0 aliphatic heterocycles. The lowest BCUT2D eigenvalue weighted by Crippen LogP contribution is -2.44. The van der Waals surface area contributed by atoms with Crippen molar-refractivity contribution in [1.82, 2.24) is 9.71 Å². The Kier molecular flexibility index (Phi) is 6.94. The number of methoxy groups -OCH3 is 1. The molecule has 1 heterocycles. The maximum Gasteiger partial charge on any atom is 0.324 e. The number of esters is 1. The van der Waals surface area contributed by atoms with Crippen molar-refractivity contribution in [2.24, 2.45) is 5.92 Å². The maximum atomic E-state index is 12.8. The van der Waals surface area contributed by atoms with Crippen LogP contribution in [0.25, 0.3) is 10.2 Å². The molecule has 9 heteroatoms. The first kappa shape index (κ1) is 21.8. The van der Waals surface area contributed by atoms with Crippen LogP contribution in [0.4, 0.5) is 0 Å². The molecular formula is C20H22N2O4S3. The molecule has 0 bridgehead atoms. The summed E-state index contributed by atoms with van der Waals surface area (Å²) in [6.45, 7) is 3.51. The van der Waals surface area contributed by atoms with Crippen LogP contribution in [0.5, 0.6) is 0 Å². The number of fused-ring (bicyclic) bond motifs is 1. The zero-order valence-electron chi connectivity index (χ0n) is 16.3. The van der Waals surface area contributed by atoms with Gasteiger partial charge in [-0.25, -0.2) is 13.4 Å². The molecule has 2 aromatic carbocycles. The highest BCUT2D eigenvalue weighted by atomic mass is 32.2. The molecule has 0 spiro atoms. The lowest BCUT2D eigenvalue weighted by molar-refractivity contribution is -0.143. The van der Waals surface area contributed by atoms with Gasteiger partial charge in [-0.2, -0.15) is 4.72 Å². The van der Waals surface area contributed by atoms with Gasteiger partial charge in [0, 0.05) is 5.75 Å². The lowest BCUT2D eigenvalue weighted by Gasteiger charge is -2.19. The number of thiazole rings is 1. The number of benzene rings is 2. The fraction of sp³-hybridized carbons (Fsp3) is 0.300. The number of nitrogens with zero attached hydrogens (tertiary/aromatic N) is 1. The van der Waals surface area contributed by atoms with E-state index in [1.54, 1.807) is 37.7 Å². The van der Waals surface area contributed by atoms with E-state index in [0.717, 1.165) is 20.3 Å². The molecule has 0 aliphatic carbocycles. The molecule has 1 N–H and O–H groups in total. The minimum Gasteiger partial charge on any atom is -0.468 e. The van der Waals surface area contributed by atoms with Crippen molar-refractivity contribution in [2.45, 2.75) is 34.9 Å². The Morgan fingerprint density at radius 2 is 1.93 bits per heavy atom. The first-order valence-corrected chi connectivity index (χ1v) is 12.3. The van der Waals surface area contributed by atoms with Crippen molar-refractivity contribution in [3.63, 3.8) is 0 Å². The predicted octanol–water partition coefficient (Wildman–Crippen LogP) is 4.06. The normalized spacial score (nSPS) is 13.0. The second-order valence-corrected chi connectivity index (χ2v) is 10.7. The van der Waals surface area contributed by atoms with Crippen LogP contribution in [-0.4, -0.2) is 32.5 Å². The summed E-state index contributed by atoms with van der Waals surface area (Å²) in [4.78, 5) is 16.6. The molecule has 3 aromatic rings. The Balaban J connectivity index is 1.80. The van der Waals surface area contributed by atoms with E-state index in [4.69, 9.17) is 4.74 Å². The van der Waals surface area contributed by atoms with E-state index in [-0.39, 0.29) is 10.8 Å². The first-order valence-electron chi connectivity index (χ1n) is 8.97. The van der Waals surface area contributed by atoms with E-state index in [1.807, 2.05) is 18.2 Å². The van der Waals surface area contributed by atoms with E-state index < -0.39 is 22.0 Å². The van der Waals surface area contributed by atoms with Crippen molar-refractivity contribution in [1.29, 1.82) is 0 Å². The number of rotatable bonds is 8. The number of sulfonamides is 1. The Labute approximate surface area is 178 Å². The predicted molar refractivity (Wildman–Crippen MR) is 117 cm³/mol. The molecule has 3 rings (SSSR count). The Hall–Kier alpha value is -1.94. The zero-order chi connectivity index (χ0) is 21.0. The number of ether oxygens (including phenoxy) is 1. The van der Waals surface area contributed by atoms with Crippen LogP contribution < -0.4 is 4.72 Å². The highest BCUT2D eigenvalue weighted by molar-refractivity contribution is 8.00. The summed E-state index contributed by atoms with van der Waals surface area (Å²) in [5.41, 5.74) is 1.95. The van der Waals surface area contributed by atoms with E-state index in [1.165, 1.54) is 30.1 Å². The van der Waals surface area contributed by atoms with Gasteiger partial charge in [0.05, 0.1) is 22.2 Å². The van der Waals surface area contributed by atoms with Gasteiger partial charge in [0.1, 0.15) is 6.04 Å². The topological polar surface area (TPSA) is 85.4 Å². The van der Waals surface area contributed by atoms with Crippen molar-refractivity contribution < 1.29 is 17.9 Å². The van der Waals surface area contributed by atoms with Gasteiger partial charge in [-0.15, -0.1) is 11.3 Å². The number of aromatic nitrogens is 1. The number of thioether (sulfide) groups is 1. The summed E-state index contributed by atoms with van der Waals surface area (Å²) in [6.07, 6.45) is 0. The summed E-state index contributed by atoms with van der Waals surface area (Å²) >= 11 is 3.07. The molecule has 0 unspecified atom stereocenters. The molecule has 0 amide bonds. The van der Waals surface area contributed by atoms with Crippen molar-refractivity contribution in [3.8, 4) is 0 Å². The number of carbonyl (C=O) groups excluding carboxylic acids is 1. The van der Waals surface area contributed by atoms with Crippen LogP contribution >= 0.6 is 23.1 Å². The summed E-state index contributed by atoms with van der Waals surface area (Å²) < 4.78 is 34.4. The van der Waals surface area contributed by atoms with Crippen molar-refractivity contribution in [3.05, 3.63) is 54.1 Å². The van der Waals surface area contributed by atoms with E-state index in [0.29, 0.717) is 0 Å². The number of carbonyl (C=O) groups is 1. The third-order valence-electron chi connectivity index (χ3n) is 4.26. The van der Waals surface area contributed by atoms with Crippen LogP contribution in [0.15, 0.2) is 57.8 Å². The second-order valence-electron chi connectivity index (χ2n) is 6.75. The Morgan fingerprint density at radius 1 is 1.21 bits per heavy atom. The molecule has 0 saturated heterocycles. The van der Waals surface area contributed by atoms with Gasteiger partial charge in [0.15, 0.2) is 4.34 Å². The van der Waals surface area contributed by atoms with Crippen LogP contribution in [0.3, 0.4) is 0 Å². The van der Waals surface area contributed by atoms with Gasteiger partial charge in [-0.3, -0.25) is 4.79 Å². The number of hydrogen-bond donors (Lipinski definition) is 1. The van der Waals surface area contributed by atoms with E-state index in [9.17, 15) is 13.2 Å². The van der Waals surface area contributed by atoms with Crippen LogP contribution in [0.1, 0.15) is 19.4 Å². The van der Waals surface area contributed by atoms with Crippen LogP contribution in [-0.2, 0) is 25.3 Å². The summed E-state index contributed by atoms with van der Waals surface area (Å²) in [5.74, 6) is -0.0601. The van der Waals surface area contributed by atoms with Crippen LogP contribution in [0, 0.1) is 5.92 Å². The SMILES string of the molecule is COC(=O)[C@H](NS(=O)(=O)c1ccc2nc(SCc3ccccc3)sc2c1)C(C)C. The third kappa shape index (κ3) is 5.36. The third-order valence-corrected chi connectivity index (χ3v) is 7.93. The second kappa shape index (κ2) is 9.25. The summed E-state index contributed by atoms with van der Waals surface area (Å²) in [5, 5.41) is 0. The minimum atomic E-state index is -3.88. The average Bonchev–Trinajstić information content (AvgIpc) is 3.12. The van der Waals surface area contributed by atoms with Gasteiger partial charge in [0.25, 0.3) is 0 Å². The number of nitrogens with one attached hydrogen (secondary N) is 1. The van der Waals surface area contributed by atoms with Gasteiger partial charge < -0.3 is 4.74 Å². The molecule has 1 aromatic heterocycles. The van der Waals surface area contributed by atoms with Gasteiger partial charge in [0.2, 0.25) is 10.0 Å². The fourth-order valence-corrected chi connectivity index (χ4v) is 6.15. The molecule has 0 radical (unpaired) electrons. The fourth-order valence-electron chi connectivity index (χ4n) is 2.65. The lowest BCUT2D eigenvalue weighted by atomic mass is 10.1. The monoisotopic (exact) mass is 450 g/mol. The van der Waals surface area contributed by atoms with Crippen molar-refractivity contribution >= 4 is 49.3 Å². The Morgan fingerprint density at radius 3 is 2.59 bits per heavy atom. The van der Waals surface area contributed by atoms with Gasteiger partial charge >= 0.3 is 5.97 Å². The molecule has 0 saturated carbocycles. The molecule has 154 valence electrons. The molecule has 6 nitrogen and oxygen atoms in total. The molecular weight excluding hydrogens is 428 g/mol. The largest absolute Gasteiger partial charge is 0.468 e. The van der Waals surface area contributed by atoms with Gasteiger partial charge in [-0.05, 0) is 29.7 Å². The Bertz CT molecular complexity index is 1100. The smallest absolute Gasteiger partial charge is 0.324 e. The van der Waals surface area contributed by atoms with E-state index >= 15 is 0 Å². The summed E-state index contributed by atoms with van der Waals surface area (Å²) in [6, 6.07) is 13.9. The standard InChI is InChI=1S/C20H22N2O4S3/c1-13(2)18(19(23)26-3)22-29(24,25)15-9-10-16-17(11-15)28-20(21-16)27-12-14-7-5-4-6-8-14/h4-11,13,18,22H,12H2,1-3H3/t18-/m1/s1. The summed E-state index contributed by atoms with van der Waals surface area (Å²) in [7, 11) is -2.64. The number of hydrogen-bond acceptors (Lipinski definition) is 7. The van der Waals surface area contributed by atoms with Crippen molar-refractivity contribution in [2.75, 3.05) is 7.11 Å². The highest BCUT2D eigenvalue weighted by Crippen LogP contribution is 2.32. The first-order chi connectivity index (χ1) is 13.8. The highest BCUT2D eigenvalue weighted by Gasteiger charge is 2.29. The minimum absolute atomic E-state index is 0.0998. The quantitative estimate of drug-likeness (QED) is 0.411. The molecule has 1 atom stereocenters. The zero-order valence-corrected chi connectivity index (χ0v) is 18.7. The van der Waals surface area contributed by atoms with E-state index in [2.05, 4.69) is 21.8 Å². The maximum absolute atomic E-state index is 12.8.